The van der Waals surface area contributed by atoms with Gasteiger partial charge in [-0.2, -0.15) is 0 Å². The smallest absolute Gasteiger partial charge is 0.166 e. The molecule has 0 aliphatic rings. The number of ketones is 1. The minimum absolute atomic E-state index is 0.194. The molecule has 1 aromatic rings. The van der Waals surface area contributed by atoms with Gasteiger partial charge < -0.3 is 4.74 Å². The van der Waals surface area contributed by atoms with Crippen LogP contribution in [-0.2, 0) is 9.53 Å². The predicted molar refractivity (Wildman–Crippen MR) is 74.8 cm³/mol. The van der Waals surface area contributed by atoms with Crippen molar-refractivity contribution in [3.8, 4) is 0 Å². The van der Waals surface area contributed by atoms with Crippen molar-refractivity contribution in [1.29, 1.82) is 0 Å². The molecule has 0 aliphatic carbocycles. The summed E-state index contributed by atoms with van der Waals surface area (Å²) < 4.78 is 5.78. The number of Topliss-reactive ketones (excluding diaryl/α,β-unsaturated/α-hetero) is 1. The molecule has 0 fully saturated rings. The minimum atomic E-state index is -0.384. The summed E-state index contributed by atoms with van der Waals surface area (Å²) in [4.78, 5) is 12.2. The maximum absolute atomic E-state index is 12.2. The molecule has 1 unspecified atom stereocenters. The van der Waals surface area contributed by atoms with Crippen LogP contribution in [0.25, 0.3) is 0 Å². The molecule has 18 heavy (non-hydrogen) atoms. The van der Waals surface area contributed by atoms with Crippen molar-refractivity contribution in [3.05, 3.63) is 34.9 Å². The Balaban J connectivity index is 3.01. The third-order valence-corrected chi connectivity index (χ3v) is 3.21. The summed E-state index contributed by atoms with van der Waals surface area (Å²) in [5.74, 6) is 0.194. The summed E-state index contributed by atoms with van der Waals surface area (Å²) in [5.41, 5.74) is 3.41. The van der Waals surface area contributed by atoms with Gasteiger partial charge in [0.15, 0.2) is 5.78 Å². The quantitative estimate of drug-likeness (QED) is 0.725. The molecule has 0 spiro atoms. The molecule has 100 valence electrons. The van der Waals surface area contributed by atoms with Gasteiger partial charge in [0.2, 0.25) is 0 Å². The number of carbonyl (C=O) groups excluding carboxylic acids is 1. The number of ether oxygens (including phenoxy) is 1. The second kappa shape index (κ2) is 7.32. The van der Waals surface area contributed by atoms with E-state index in [0.29, 0.717) is 13.0 Å². The molecule has 0 saturated heterocycles. The molecule has 0 aromatic heterocycles. The second-order valence-electron chi connectivity index (χ2n) is 4.76. The average Bonchev–Trinajstić information content (AvgIpc) is 2.35. The largest absolute Gasteiger partial charge is 0.366 e. The molecular formula is C16H24O2. The molecule has 0 N–H and O–H groups in total. The van der Waals surface area contributed by atoms with E-state index >= 15 is 0 Å². The lowest BCUT2D eigenvalue weighted by Gasteiger charge is -2.19. The Morgan fingerprint density at radius 3 is 2.56 bits per heavy atom. The Hall–Kier alpha value is -1.15. The Morgan fingerprint density at radius 1 is 1.22 bits per heavy atom. The topological polar surface area (TPSA) is 26.3 Å². The SMILES string of the molecule is CCCOC(C(=O)CCC)c1cccc(C)c1C. The van der Waals surface area contributed by atoms with E-state index in [0.717, 1.165) is 18.4 Å². The van der Waals surface area contributed by atoms with Gasteiger partial charge in [0.1, 0.15) is 6.10 Å². The van der Waals surface area contributed by atoms with Crippen molar-refractivity contribution >= 4 is 5.78 Å². The Bertz CT molecular complexity index is 396. The molecular weight excluding hydrogens is 224 g/mol. The van der Waals surface area contributed by atoms with E-state index in [9.17, 15) is 4.79 Å². The summed E-state index contributed by atoms with van der Waals surface area (Å²) >= 11 is 0. The van der Waals surface area contributed by atoms with Crippen LogP contribution in [0.3, 0.4) is 0 Å². The highest BCUT2D eigenvalue weighted by Gasteiger charge is 2.22. The zero-order valence-electron chi connectivity index (χ0n) is 12.0. The summed E-state index contributed by atoms with van der Waals surface area (Å²) in [6, 6.07) is 6.08. The van der Waals surface area contributed by atoms with Crippen LogP contribution in [0.1, 0.15) is 55.9 Å². The molecule has 0 saturated carbocycles. The van der Waals surface area contributed by atoms with Gasteiger partial charge in [0, 0.05) is 13.0 Å². The normalized spacial score (nSPS) is 12.4. The fourth-order valence-electron chi connectivity index (χ4n) is 2.03. The molecule has 1 rings (SSSR count). The van der Waals surface area contributed by atoms with E-state index in [2.05, 4.69) is 26.8 Å². The first-order chi connectivity index (χ1) is 8.61. The highest BCUT2D eigenvalue weighted by atomic mass is 16.5. The van der Waals surface area contributed by atoms with E-state index in [4.69, 9.17) is 4.74 Å². The Labute approximate surface area is 110 Å². The third kappa shape index (κ3) is 3.67. The molecule has 2 nitrogen and oxygen atoms in total. The molecule has 1 atom stereocenters. The van der Waals surface area contributed by atoms with E-state index in [1.807, 2.05) is 19.1 Å². The first kappa shape index (κ1) is 14.9. The van der Waals surface area contributed by atoms with Crippen LogP contribution in [0.15, 0.2) is 18.2 Å². The van der Waals surface area contributed by atoms with Crippen LogP contribution < -0.4 is 0 Å². The lowest BCUT2D eigenvalue weighted by molar-refractivity contribution is -0.131. The van der Waals surface area contributed by atoms with Gasteiger partial charge in [-0.25, -0.2) is 0 Å². The zero-order valence-corrected chi connectivity index (χ0v) is 12.0. The van der Waals surface area contributed by atoms with Crippen molar-refractivity contribution in [2.45, 2.75) is 53.1 Å². The van der Waals surface area contributed by atoms with Gasteiger partial charge in [-0.1, -0.05) is 32.0 Å². The molecule has 0 aliphatic heterocycles. The van der Waals surface area contributed by atoms with Crippen LogP contribution in [0.2, 0.25) is 0 Å². The second-order valence-corrected chi connectivity index (χ2v) is 4.76. The lowest BCUT2D eigenvalue weighted by atomic mass is 9.95. The molecule has 2 heteroatoms. The Morgan fingerprint density at radius 2 is 1.94 bits per heavy atom. The predicted octanol–water partition coefficient (Wildman–Crippen LogP) is 4.14. The maximum Gasteiger partial charge on any atom is 0.166 e. The van der Waals surface area contributed by atoms with Crippen molar-refractivity contribution in [1.82, 2.24) is 0 Å². The number of hydrogen-bond acceptors (Lipinski definition) is 2. The van der Waals surface area contributed by atoms with Gasteiger partial charge in [-0.15, -0.1) is 0 Å². The van der Waals surface area contributed by atoms with Gasteiger partial charge in [-0.3, -0.25) is 4.79 Å². The van der Waals surface area contributed by atoms with Crippen LogP contribution >= 0.6 is 0 Å². The van der Waals surface area contributed by atoms with Crippen molar-refractivity contribution in [2.75, 3.05) is 6.61 Å². The highest BCUT2D eigenvalue weighted by molar-refractivity contribution is 5.84. The maximum atomic E-state index is 12.2. The van der Waals surface area contributed by atoms with Gasteiger partial charge in [-0.05, 0) is 43.4 Å². The number of rotatable bonds is 7. The fraction of sp³-hybridized carbons (Fsp3) is 0.562. The van der Waals surface area contributed by atoms with Crippen LogP contribution in [-0.4, -0.2) is 12.4 Å². The van der Waals surface area contributed by atoms with E-state index in [1.54, 1.807) is 0 Å². The summed E-state index contributed by atoms with van der Waals surface area (Å²) in [7, 11) is 0. The van der Waals surface area contributed by atoms with Crippen molar-refractivity contribution in [3.63, 3.8) is 0 Å². The van der Waals surface area contributed by atoms with E-state index in [-0.39, 0.29) is 11.9 Å². The number of hydrogen-bond donors (Lipinski definition) is 0. The minimum Gasteiger partial charge on any atom is -0.366 e. The number of benzene rings is 1. The Kier molecular flexibility index (Phi) is 6.06. The zero-order chi connectivity index (χ0) is 13.5. The summed E-state index contributed by atoms with van der Waals surface area (Å²) in [6.45, 7) is 8.85. The van der Waals surface area contributed by atoms with Gasteiger partial charge in [0.05, 0.1) is 0 Å². The fourth-order valence-corrected chi connectivity index (χ4v) is 2.03. The molecule has 1 aromatic carbocycles. The first-order valence-corrected chi connectivity index (χ1v) is 6.82. The van der Waals surface area contributed by atoms with Crippen molar-refractivity contribution in [2.24, 2.45) is 0 Å². The molecule has 0 bridgehead atoms. The van der Waals surface area contributed by atoms with Crippen molar-refractivity contribution < 1.29 is 9.53 Å². The van der Waals surface area contributed by atoms with Crippen LogP contribution in [0, 0.1) is 13.8 Å². The average molecular weight is 248 g/mol. The summed E-state index contributed by atoms with van der Waals surface area (Å²) in [5, 5.41) is 0. The van der Waals surface area contributed by atoms with Gasteiger partial charge >= 0.3 is 0 Å². The number of carbonyl (C=O) groups is 1. The third-order valence-electron chi connectivity index (χ3n) is 3.21. The number of aryl methyl sites for hydroxylation is 1. The monoisotopic (exact) mass is 248 g/mol. The molecule has 0 heterocycles. The standard InChI is InChI=1S/C16H24O2/c1-5-8-15(17)16(18-11-6-2)14-10-7-9-12(3)13(14)4/h7,9-10,16H,5-6,8,11H2,1-4H3. The van der Waals surface area contributed by atoms with E-state index < -0.39 is 0 Å². The highest BCUT2D eigenvalue weighted by Crippen LogP contribution is 2.26. The molecule has 0 radical (unpaired) electrons. The molecule has 0 amide bonds. The first-order valence-electron chi connectivity index (χ1n) is 6.82. The lowest BCUT2D eigenvalue weighted by Crippen LogP contribution is -2.17. The van der Waals surface area contributed by atoms with Gasteiger partial charge in [0.25, 0.3) is 0 Å². The summed E-state index contributed by atoms with van der Waals surface area (Å²) in [6.07, 6.45) is 2.00. The van der Waals surface area contributed by atoms with Crippen LogP contribution in [0.5, 0.6) is 0 Å². The van der Waals surface area contributed by atoms with E-state index in [1.165, 1.54) is 11.1 Å². The van der Waals surface area contributed by atoms with Crippen LogP contribution in [0.4, 0.5) is 0 Å².